The zero-order valence-corrected chi connectivity index (χ0v) is 12.1. The van der Waals surface area contributed by atoms with E-state index in [2.05, 4.69) is 24.1 Å². The van der Waals surface area contributed by atoms with Crippen LogP contribution in [0.1, 0.15) is 43.6 Å². The van der Waals surface area contributed by atoms with Gasteiger partial charge in [0, 0.05) is 16.9 Å². The van der Waals surface area contributed by atoms with E-state index in [1.807, 2.05) is 30.3 Å². The van der Waals surface area contributed by atoms with Gasteiger partial charge in [0.2, 0.25) is 0 Å². The molecule has 106 valence electrons. The topological polar surface area (TPSA) is 44.9 Å². The number of nitrogens with one attached hydrogen (secondary N) is 2. The maximum absolute atomic E-state index is 12.4. The molecule has 2 N–H and O–H groups in total. The quantitative estimate of drug-likeness (QED) is 0.877. The summed E-state index contributed by atoms with van der Waals surface area (Å²) in [5.74, 6) is 1.35. The third kappa shape index (κ3) is 2.33. The first-order valence-corrected chi connectivity index (χ1v) is 7.57. The first kappa shape index (κ1) is 13.2. The zero-order chi connectivity index (χ0) is 14.1. The SMILES string of the molecule is CCC1CCC(NC(=O)c2cc3ccccc3[nH]2)C1C. The number of hydrogen-bond acceptors (Lipinski definition) is 1. The molecule has 1 heterocycles. The lowest BCUT2D eigenvalue weighted by Crippen LogP contribution is -2.37. The fraction of sp³-hybridized carbons (Fsp3) is 0.471. The number of amides is 1. The van der Waals surface area contributed by atoms with Gasteiger partial charge in [-0.25, -0.2) is 0 Å². The van der Waals surface area contributed by atoms with Crippen LogP contribution in [-0.2, 0) is 0 Å². The van der Waals surface area contributed by atoms with Crippen LogP contribution in [0.4, 0.5) is 0 Å². The summed E-state index contributed by atoms with van der Waals surface area (Å²) >= 11 is 0. The summed E-state index contributed by atoms with van der Waals surface area (Å²) in [4.78, 5) is 15.6. The number of carbonyl (C=O) groups is 1. The summed E-state index contributed by atoms with van der Waals surface area (Å²) in [5.41, 5.74) is 1.68. The first-order chi connectivity index (χ1) is 9.69. The van der Waals surface area contributed by atoms with Crippen molar-refractivity contribution in [3.63, 3.8) is 0 Å². The Morgan fingerprint density at radius 3 is 2.85 bits per heavy atom. The van der Waals surface area contributed by atoms with E-state index in [1.165, 1.54) is 12.8 Å². The Morgan fingerprint density at radius 2 is 2.15 bits per heavy atom. The molecule has 0 aliphatic heterocycles. The number of fused-ring (bicyclic) bond motifs is 1. The molecule has 1 saturated carbocycles. The molecule has 3 unspecified atom stereocenters. The second-order valence-electron chi connectivity index (χ2n) is 5.96. The average Bonchev–Trinajstić information content (AvgIpc) is 3.03. The van der Waals surface area contributed by atoms with Gasteiger partial charge >= 0.3 is 0 Å². The maximum Gasteiger partial charge on any atom is 0.267 e. The highest BCUT2D eigenvalue weighted by Gasteiger charge is 2.32. The Bertz CT molecular complexity index is 583. The third-order valence-corrected chi connectivity index (χ3v) is 4.84. The summed E-state index contributed by atoms with van der Waals surface area (Å²) < 4.78 is 0. The van der Waals surface area contributed by atoms with Crippen LogP contribution in [0.15, 0.2) is 30.3 Å². The van der Waals surface area contributed by atoms with Crippen LogP contribution < -0.4 is 5.32 Å². The summed E-state index contributed by atoms with van der Waals surface area (Å²) in [7, 11) is 0. The van der Waals surface area contributed by atoms with Gasteiger partial charge in [0.1, 0.15) is 5.69 Å². The lowest BCUT2D eigenvalue weighted by atomic mass is 9.93. The van der Waals surface area contributed by atoms with E-state index in [1.54, 1.807) is 0 Å². The molecule has 20 heavy (non-hydrogen) atoms. The van der Waals surface area contributed by atoms with Crippen molar-refractivity contribution in [2.45, 2.75) is 39.2 Å². The van der Waals surface area contributed by atoms with Gasteiger partial charge in [-0.15, -0.1) is 0 Å². The number of hydrogen-bond donors (Lipinski definition) is 2. The Labute approximate surface area is 119 Å². The van der Waals surface area contributed by atoms with Crippen molar-refractivity contribution in [2.75, 3.05) is 0 Å². The number of rotatable bonds is 3. The van der Waals surface area contributed by atoms with E-state index >= 15 is 0 Å². The predicted octanol–water partition coefficient (Wildman–Crippen LogP) is 3.72. The Balaban J connectivity index is 1.73. The van der Waals surface area contributed by atoms with Crippen LogP contribution in [0.5, 0.6) is 0 Å². The van der Waals surface area contributed by atoms with Gasteiger partial charge < -0.3 is 10.3 Å². The number of para-hydroxylation sites is 1. The molecular formula is C17H22N2O. The van der Waals surface area contributed by atoms with Gasteiger partial charge in [-0.3, -0.25) is 4.79 Å². The molecule has 0 radical (unpaired) electrons. The smallest absolute Gasteiger partial charge is 0.267 e. The van der Waals surface area contributed by atoms with Crippen LogP contribution >= 0.6 is 0 Å². The van der Waals surface area contributed by atoms with Crippen molar-refractivity contribution < 1.29 is 4.79 Å². The molecular weight excluding hydrogens is 248 g/mol. The van der Waals surface area contributed by atoms with E-state index in [-0.39, 0.29) is 5.91 Å². The van der Waals surface area contributed by atoms with Gasteiger partial charge in [0.15, 0.2) is 0 Å². The summed E-state index contributed by atoms with van der Waals surface area (Å²) in [6, 6.07) is 10.2. The molecule has 3 nitrogen and oxygen atoms in total. The Kier molecular flexibility index (Phi) is 3.51. The van der Waals surface area contributed by atoms with E-state index < -0.39 is 0 Å². The Hall–Kier alpha value is -1.77. The molecule has 3 heteroatoms. The van der Waals surface area contributed by atoms with Gasteiger partial charge in [-0.1, -0.05) is 38.5 Å². The number of aromatic nitrogens is 1. The summed E-state index contributed by atoms with van der Waals surface area (Å²) in [6.45, 7) is 4.50. The largest absolute Gasteiger partial charge is 0.351 e. The zero-order valence-electron chi connectivity index (χ0n) is 12.1. The lowest BCUT2D eigenvalue weighted by molar-refractivity contribution is 0.0922. The second kappa shape index (κ2) is 5.31. The number of carbonyl (C=O) groups excluding carboxylic acids is 1. The lowest BCUT2D eigenvalue weighted by Gasteiger charge is -2.20. The number of benzene rings is 1. The molecule has 1 amide bonds. The second-order valence-corrected chi connectivity index (χ2v) is 5.96. The molecule has 3 atom stereocenters. The van der Waals surface area contributed by atoms with E-state index in [0.717, 1.165) is 23.2 Å². The van der Waals surface area contributed by atoms with Crippen molar-refractivity contribution in [3.8, 4) is 0 Å². The van der Waals surface area contributed by atoms with Gasteiger partial charge in [0.25, 0.3) is 5.91 Å². The van der Waals surface area contributed by atoms with Crippen molar-refractivity contribution in [3.05, 3.63) is 36.0 Å². The number of H-pyrrole nitrogens is 1. The highest BCUT2D eigenvalue weighted by molar-refractivity contribution is 5.98. The van der Waals surface area contributed by atoms with Gasteiger partial charge in [-0.2, -0.15) is 0 Å². The normalized spacial score (nSPS) is 26.0. The average molecular weight is 270 g/mol. The number of aromatic amines is 1. The molecule has 0 spiro atoms. The Morgan fingerprint density at radius 1 is 1.35 bits per heavy atom. The van der Waals surface area contributed by atoms with Gasteiger partial charge in [-0.05, 0) is 36.8 Å². The standard InChI is InChI=1S/C17H22N2O/c1-3-12-8-9-14(11(12)2)19-17(20)16-10-13-6-4-5-7-15(13)18-16/h4-7,10-12,14,18H,3,8-9H2,1-2H3,(H,19,20). The highest BCUT2D eigenvalue weighted by Crippen LogP contribution is 2.34. The third-order valence-electron chi connectivity index (χ3n) is 4.84. The highest BCUT2D eigenvalue weighted by atomic mass is 16.1. The van der Waals surface area contributed by atoms with Crippen molar-refractivity contribution in [2.24, 2.45) is 11.8 Å². The molecule has 1 aromatic carbocycles. The van der Waals surface area contributed by atoms with Crippen LogP contribution in [0, 0.1) is 11.8 Å². The molecule has 1 aromatic heterocycles. The van der Waals surface area contributed by atoms with Gasteiger partial charge in [0.05, 0.1) is 0 Å². The molecule has 3 rings (SSSR count). The fourth-order valence-corrected chi connectivity index (χ4v) is 3.47. The minimum atomic E-state index is 0.0230. The molecule has 1 aliphatic carbocycles. The molecule has 0 saturated heterocycles. The molecule has 1 aliphatic rings. The van der Waals surface area contributed by atoms with Crippen LogP contribution in [-0.4, -0.2) is 16.9 Å². The fourth-order valence-electron chi connectivity index (χ4n) is 3.47. The van der Waals surface area contributed by atoms with Crippen molar-refractivity contribution in [1.29, 1.82) is 0 Å². The van der Waals surface area contributed by atoms with Crippen molar-refractivity contribution in [1.82, 2.24) is 10.3 Å². The van der Waals surface area contributed by atoms with Crippen LogP contribution in [0.3, 0.4) is 0 Å². The first-order valence-electron chi connectivity index (χ1n) is 7.57. The van der Waals surface area contributed by atoms with Crippen LogP contribution in [0.25, 0.3) is 10.9 Å². The molecule has 0 bridgehead atoms. The summed E-state index contributed by atoms with van der Waals surface area (Å²) in [5, 5.41) is 4.29. The minimum Gasteiger partial charge on any atom is -0.351 e. The summed E-state index contributed by atoms with van der Waals surface area (Å²) in [6.07, 6.45) is 3.54. The van der Waals surface area contributed by atoms with E-state index in [9.17, 15) is 4.79 Å². The van der Waals surface area contributed by atoms with E-state index in [0.29, 0.717) is 17.7 Å². The predicted molar refractivity (Wildman–Crippen MR) is 81.7 cm³/mol. The van der Waals surface area contributed by atoms with Crippen molar-refractivity contribution >= 4 is 16.8 Å². The molecule has 1 fully saturated rings. The monoisotopic (exact) mass is 270 g/mol. The molecule has 2 aromatic rings. The van der Waals surface area contributed by atoms with E-state index in [4.69, 9.17) is 0 Å². The maximum atomic E-state index is 12.4. The van der Waals surface area contributed by atoms with Crippen LogP contribution in [0.2, 0.25) is 0 Å². The minimum absolute atomic E-state index is 0.0230.